The number of rotatable bonds is 14. The lowest BCUT2D eigenvalue weighted by atomic mass is 9.96. The zero-order valence-electron chi connectivity index (χ0n) is 25.3. The van der Waals surface area contributed by atoms with Crippen LogP contribution in [-0.2, 0) is 32.9 Å². The maximum atomic E-state index is 13.7. The Hall–Kier alpha value is -3.76. The van der Waals surface area contributed by atoms with Gasteiger partial charge in [0.15, 0.2) is 0 Å². The number of anilines is 2. The van der Waals surface area contributed by atoms with Crippen molar-refractivity contribution in [1.82, 2.24) is 4.90 Å². The maximum Gasteiger partial charge on any atom is 0.321 e. The number of nitrogens with one attached hydrogen (secondary N) is 3. The molecule has 3 aromatic rings. The normalized spacial score (nSPS) is 18.8. The molecule has 10 heteroatoms. The summed E-state index contributed by atoms with van der Waals surface area (Å²) < 4.78 is 50.4. The minimum Gasteiger partial charge on any atom is -0.377 e. The largest absolute Gasteiger partial charge is 0.377 e. The first-order valence-corrected chi connectivity index (χ1v) is 16.9. The molecule has 0 heterocycles. The van der Waals surface area contributed by atoms with Gasteiger partial charge in [0, 0.05) is 24.5 Å². The van der Waals surface area contributed by atoms with Crippen molar-refractivity contribution in [1.29, 1.82) is 5.41 Å². The summed E-state index contributed by atoms with van der Waals surface area (Å²) in [6.07, 6.45) is 5.45. The molecular weight excluding hydrogens is 579 g/mol. The van der Waals surface area contributed by atoms with Crippen LogP contribution in [0.2, 0.25) is 0 Å². The molecule has 3 N–H and O–H groups in total. The molecule has 2 aliphatic carbocycles. The summed E-state index contributed by atoms with van der Waals surface area (Å²) in [6, 6.07) is 18.1. The maximum absolute atomic E-state index is 13.7. The van der Waals surface area contributed by atoms with E-state index in [9.17, 15) is 17.6 Å². The van der Waals surface area contributed by atoms with Gasteiger partial charge in [0.2, 0.25) is 5.91 Å². The highest BCUT2D eigenvalue weighted by molar-refractivity contribution is 7.94. The van der Waals surface area contributed by atoms with Gasteiger partial charge in [0.1, 0.15) is 11.7 Å². The Morgan fingerprint density at radius 2 is 1.75 bits per heavy atom. The van der Waals surface area contributed by atoms with Gasteiger partial charge in [-0.1, -0.05) is 55.8 Å². The fraction of sp³-hybridized carbons (Fsp3) is 0.412. The van der Waals surface area contributed by atoms with E-state index in [-0.39, 0.29) is 24.1 Å². The van der Waals surface area contributed by atoms with Gasteiger partial charge < -0.3 is 4.74 Å². The quantitative estimate of drug-likeness (QED) is 0.129. The summed E-state index contributed by atoms with van der Waals surface area (Å²) in [7, 11) is -4.09. The molecule has 0 aliphatic heterocycles. The fourth-order valence-electron chi connectivity index (χ4n) is 6.13. The second kappa shape index (κ2) is 13.9. The van der Waals surface area contributed by atoms with Gasteiger partial charge in [-0.15, -0.1) is 0 Å². The van der Waals surface area contributed by atoms with E-state index in [4.69, 9.17) is 10.1 Å². The molecule has 234 valence electrons. The Morgan fingerprint density at radius 1 is 0.977 bits per heavy atom. The third-order valence-corrected chi connectivity index (χ3v) is 9.46. The Balaban J connectivity index is 1.41. The first-order valence-electron chi connectivity index (χ1n) is 15.4. The minimum atomic E-state index is -4.09. The zero-order valence-corrected chi connectivity index (χ0v) is 26.1. The van der Waals surface area contributed by atoms with Crippen LogP contribution in [0.15, 0.2) is 66.7 Å². The number of hydrogen-bond acceptors (Lipinski definition) is 5. The lowest BCUT2D eigenvalue weighted by molar-refractivity contribution is -0.132. The molecule has 0 saturated heterocycles. The van der Waals surface area contributed by atoms with E-state index in [1.165, 1.54) is 24.6 Å². The van der Waals surface area contributed by atoms with Crippen LogP contribution in [-0.4, -0.2) is 31.7 Å². The van der Waals surface area contributed by atoms with E-state index >= 15 is 0 Å². The molecule has 3 atom stereocenters. The third-order valence-electron chi connectivity index (χ3n) is 8.46. The molecule has 0 aromatic heterocycles. The Labute approximate surface area is 259 Å². The van der Waals surface area contributed by atoms with Crippen molar-refractivity contribution >= 4 is 33.3 Å². The highest BCUT2D eigenvalue weighted by Crippen LogP contribution is 2.54. The van der Waals surface area contributed by atoms with Crippen molar-refractivity contribution in [2.45, 2.75) is 65.5 Å². The molecule has 1 amide bonds. The first-order chi connectivity index (χ1) is 21.2. The standard InChI is InChI=1S/C34H41FN4O4S/c1-3-5-13-33(36)39(34(40)26-18-24-17-25(24)19-26)21-23-14-15-30(27(16-23)22-43-4-2)31-11-6-7-12-32(31)38-44(41,42)37-29-10-8-9-28(35)20-29/h6-12,14-16,20,24-26,36-38H,3-5,13,17-19,21-22H2,1-2H3/t24-,25?,26?/m1/s1. The summed E-state index contributed by atoms with van der Waals surface area (Å²) in [5.74, 6) is 1.21. The van der Waals surface area contributed by atoms with E-state index in [1.807, 2.05) is 37.3 Å². The number of hydrogen-bond donors (Lipinski definition) is 3. The van der Waals surface area contributed by atoms with Crippen LogP contribution in [0, 0.1) is 29.0 Å². The predicted molar refractivity (Wildman–Crippen MR) is 172 cm³/mol. The van der Waals surface area contributed by atoms with Gasteiger partial charge >= 0.3 is 10.2 Å². The van der Waals surface area contributed by atoms with Gasteiger partial charge in [-0.25, -0.2) is 4.39 Å². The van der Waals surface area contributed by atoms with Crippen LogP contribution in [0.4, 0.5) is 15.8 Å². The van der Waals surface area contributed by atoms with E-state index in [0.29, 0.717) is 48.5 Å². The van der Waals surface area contributed by atoms with Crippen molar-refractivity contribution in [2.75, 3.05) is 16.1 Å². The molecular formula is C34H41FN4O4S. The monoisotopic (exact) mass is 620 g/mol. The summed E-state index contributed by atoms with van der Waals surface area (Å²) in [5.41, 5.74) is 3.60. The number of halogens is 1. The zero-order chi connectivity index (χ0) is 31.3. The number of nitrogens with zero attached hydrogens (tertiary/aromatic N) is 1. The molecule has 0 bridgehead atoms. The average Bonchev–Trinajstić information content (AvgIpc) is 3.61. The Bertz CT molecular complexity index is 1600. The molecule has 0 spiro atoms. The van der Waals surface area contributed by atoms with Gasteiger partial charge in [-0.2, -0.15) is 8.42 Å². The molecule has 8 nitrogen and oxygen atoms in total. The second-order valence-corrected chi connectivity index (χ2v) is 13.2. The number of carbonyl (C=O) groups excluding carboxylic acids is 1. The molecule has 2 saturated carbocycles. The second-order valence-electron chi connectivity index (χ2n) is 11.8. The van der Waals surface area contributed by atoms with Gasteiger partial charge in [0.25, 0.3) is 0 Å². The molecule has 0 radical (unpaired) electrons. The van der Waals surface area contributed by atoms with Crippen LogP contribution < -0.4 is 9.44 Å². The number of ether oxygens (including phenoxy) is 1. The average molecular weight is 621 g/mol. The molecule has 2 fully saturated rings. The van der Waals surface area contributed by atoms with E-state index in [2.05, 4.69) is 16.4 Å². The minimum absolute atomic E-state index is 0.0104. The third kappa shape index (κ3) is 7.84. The van der Waals surface area contributed by atoms with Crippen molar-refractivity contribution in [3.63, 3.8) is 0 Å². The number of fused-ring (bicyclic) bond motifs is 1. The van der Waals surface area contributed by atoms with Gasteiger partial charge in [0.05, 0.1) is 24.5 Å². The smallest absolute Gasteiger partial charge is 0.321 e. The first kappa shape index (κ1) is 31.7. The van der Waals surface area contributed by atoms with Crippen molar-refractivity contribution in [3.05, 3.63) is 83.7 Å². The van der Waals surface area contributed by atoms with Gasteiger partial charge in [-0.05, 0) is 85.4 Å². The van der Waals surface area contributed by atoms with Crippen molar-refractivity contribution in [3.8, 4) is 11.1 Å². The lowest BCUT2D eigenvalue weighted by Gasteiger charge is -2.27. The highest BCUT2D eigenvalue weighted by atomic mass is 32.2. The highest BCUT2D eigenvalue weighted by Gasteiger charge is 2.49. The fourth-order valence-corrected chi connectivity index (χ4v) is 7.08. The topological polar surface area (TPSA) is 112 Å². The van der Waals surface area contributed by atoms with Crippen molar-refractivity contribution < 1.29 is 22.3 Å². The Morgan fingerprint density at radius 3 is 2.48 bits per heavy atom. The number of para-hydroxylation sites is 1. The number of amidine groups is 1. The molecule has 44 heavy (non-hydrogen) atoms. The van der Waals surface area contributed by atoms with Crippen LogP contribution >= 0.6 is 0 Å². The van der Waals surface area contributed by atoms with E-state index in [0.717, 1.165) is 48.4 Å². The summed E-state index contributed by atoms with van der Waals surface area (Å²) in [5, 5.41) is 8.79. The number of benzene rings is 3. The van der Waals surface area contributed by atoms with Crippen LogP contribution in [0.25, 0.3) is 11.1 Å². The molecule has 3 aromatic carbocycles. The number of amides is 1. The van der Waals surface area contributed by atoms with Gasteiger partial charge in [-0.3, -0.25) is 24.5 Å². The number of unbranched alkanes of at least 4 members (excludes halogenated alkanes) is 1. The van der Waals surface area contributed by atoms with E-state index in [1.54, 1.807) is 17.0 Å². The predicted octanol–water partition coefficient (Wildman–Crippen LogP) is 7.34. The number of carbonyl (C=O) groups is 1. The van der Waals surface area contributed by atoms with Crippen LogP contribution in [0.3, 0.4) is 0 Å². The summed E-state index contributed by atoms with van der Waals surface area (Å²) >= 11 is 0. The van der Waals surface area contributed by atoms with E-state index < -0.39 is 16.0 Å². The lowest BCUT2D eigenvalue weighted by Crippen LogP contribution is -2.39. The van der Waals surface area contributed by atoms with Crippen molar-refractivity contribution in [2.24, 2.45) is 17.8 Å². The molecule has 2 aliphatic rings. The molecule has 5 rings (SSSR count). The van der Waals surface area contributed by atoms with Crippen LogP contribution in [0.1, 0.15) is 63.5 Å². The molecule has 2 unspecified atom stereocenters. The Kier molecular flexibility index (Phi) is 10.0. The summed E-state index contributed by atoms with van der Waals surface area (Å²) in [4.78, 5) is 15.3. The van der Waals surface area contributed by atoms with Crippen LogP contribution in [0.5, 0.6) is 0 Å². The SMILES string of the molecule is CCCCC(=N)N(Cc1ccc(-c2ccccc2NS(=O)(=O)Nc2cccc(F)c2)c(COCC)c1)C(=O)C1CC2C[C@@H]2C1. The summed E-state index contributed by atoms with van der Waals surface area (Å²) in [6.45, 7) is 5.07.